The van der Waals surface area contributed by atoms with E-state index >= 15 is 0 Å². The Morgan fingerprint density at radius 2 is 2.11 bits per heavy atom. The van der Waals surface area contributed by atoms with Crippen molar-refractivity contribution in [2.75, 3.05) is 6.61 Å². The Bertz CT molecular complexity index is 1020. The summed E-state index contributed by atoms with van der Waals surface area (Å²) < 4.78 is 49.8. The minimum absolute atomic E-state index is 0.113. The minimum Gasteiger partial charge on any atom is -0.461 e. The number of imidazole rings is 1. The topological polar surface area (TPSA) is 84.1 Å². The van der Waals surface area contributed by atoms with Crippen LogP contribution in [0, 0.1) is 0 Å². The van der Waals surface area contributed by atoms with Gasteiger partial charge in [0.05, 0.1) is 24.5 Å². The molecule has 0 radical (unpaired) electrons. The van der Waals surface area contributed by atoms with Gasteiger partial charge in [0, 0.05) is 5.56 Å². The molecule has 3 aromatic rings. The number of hydrogen-bond donors (Lipinski definition) is 0. The van der Waals surface area contributed by atoms with Gasteiger partial charge in [-0.05, 0) is 25.1 Å². The zero-order valence-corrected chi connectivity index (χ0v) is 13.9. The zero-order valence-electron chi connectivity index (χ0n) is 13.9. The first kappa shape index (κ1) is 17.1. The average molecular weight is 379 g/mol. The number of fused-ring (bicyclic) bond motifs is 5. The van der Waals surface area contributed by atoms with Gasteiger partial charge in [0.2, 0.25) is 0 Å². The molecule has 27 heavy (non-hydrogen) atoms. The molecule has 0 spiro atoms. The van der Waals surface area contributed by atoms with Crippen molar-refractivity contribution >= 4 is 5.97 Å². The molecule has 0 bridgehead atoms. The first-order chi connectivity index (χ1) is 12.9. The van der Waals surface area contributed by atoms with Crippen LogP contribution in [-0.2, 0) is 11.3 Å². The van der Waals surface area contributed by atoms with Gasteiger partial charge in [-0.15, -0.1) is 13.2 Å². The molecule has 0 amide bonds. The van der Waals surface area contributed by atoms with E-state index in [9.17, 15) is 18.0 Å². The van der Waals surface area contributed by atoms with Crippen LogP contribution in [0.4, 0.5) is 13.2 Å². The molecule has 0 atom stereocenters. The third-order valence-corrected chi connectivity index (χ3v) is 3.95. The van der Waals surface area contributed by atoms with Crippen LogP contribution in [0.3, 0.4) is 0 Å². The van der Waals surface area contributed by atoms with Crippen molar-refractivity contribution in [2.24, 2.45) is 0 Å². The lowest BCUT2D eigenvalue weighted by Crippen LogP contribution is -2.17. The summed E-state index contributed by atoms with van der Waals surface area (Å²) in [6.07, 6.45) is -2.12. The van der Waals surface area contributed by atoms with Crippen LogP contribution in [0.2, 0.25) is 0 Å². The smallest absolute Gasteiger partial charge is 0.461 e. The Hall–Kier alpha value is -3.37. The molecule has 0 fully saturated rings. The molecule has 11 heteroatoms. The van der Waals surface area contributed by atoms with Gasteiger partial charge < -0.3 is 9.47 Å². The van der Waals surface area contributed by atoms with Gasteiger partial charge in [0.1, 0.15) is 18.4 Å². The van der Waals surface area contributed by atoms with Crippen LogP contribution >= 0.6 is 0 Å². The van der Waals surface area contributed by atoms with Gasteiger partial charge in [0.25, 0.3) is 0 Å². The molecule has 0 saturated carbocycles. The fourth-order valence-electron chi connectivity index (χ4n) is 2.93. The molecule has 1 aliphatic rings. The van der Waals surface area contributed by atoms with E-state index in [0.29, 0.717) is 22.8 Å². The Balaban J connectivity index is 1.88. The molecule has 3 heterocycles. The van der Waals surface area contributed by atoms with Gasteiger partial charge in [-0.1, -0.05) is 0 Å². The lowest BCUT2D eigenvalue weighted by Gasteiger charge is -2.13. The summed E-state index contributed by atoms with van der Waals surface area (Å²) in [5.74, 6) is -0.630. The van der Waals surface area contributed by atoms with Crippen molar-refractivity contribution in [1.29, 1.82) is 0 Å². The van der Waals surface area contributed by atoms with Crippen LogP contribution < -0.4 is 4.74 Å². The van der Waals surface area contributed by atoms with Crippen molar-refractivity contribution < 1.29 is 27.4 Å². The molecule has 1 aromatic carbocycles. The van der Waals surface area contributed by atoms with Crippen LogP contribution in [0.15, 0.2) is 30.9 Å². The summed E-state index contributed by atoms with van der Waals surface area (Å²) in [7, 11) is 0. The van der Waals surface area contributed by atoms with E-state index in [0.717, 1.165) is 0 Å². The summed E-state index contributed by atoms with van der Waals surface area (Å²) in [6, 6.07) is 3.86. The molecule has 1 aliphatic heterocycles. The maximum absolute atomic E-state index is 12.6. The standard InChI is InChI=1S/C16H12F3N5O3/c1-2-26-15(25)13-12-6-24-14(20-7-22-24)10-5-9(27-16(17,18)19)3-4-11(10)23(12)8-21-13/h3-5,7-8H,2,6H2,1H3. The first-order valence-electron chi connectivity index (χ1n) is 7.89. The second-order valence-electron chi connectivity index (χ2n) is 5.60. The highest BCUT2D eigenvalue weighted by molar-refractivity contribution is 5.89. The maximum atomic E-state index is 12.6. The lowest BCUT2D eigenvalue weighted by atomic mass is 10.1. The van der Waals surface area contributed by atoms with Crippen LogP contribution in [-0.4, -0.2) is 43.3 Å². The number of aromatic nitrogens is 5. The Labute approximate surface area is 150 Å². The number of hydrogen-bond acceptors (Lipinski definition) is 6. The zero-order chi connectivity index (χ0) is 19.2. The highest BCUT2D eigenvalue weighted by Gasteiger charge is 2.32. The SMILES string of the molecule is CCOC(=O)c1ncn2c1Cn1ncnc1-c1cc(OC(F)(F)F)ccc1-2. The van der Waals surface area contributed by atoms with Crippen molar-refractivity contribution in [3.05, 3.63) is 42.2 Å². The molecule has 0 saturated heterocycles. The fourth-order valence-corrected chi connectivity index (χ4v) is 2.93. The number of ether oxygens (including phenoxy) is 2. The van der Waals surface area contributed by atoms with Crippen LogP contribution in [0.1, 0.15) is 23.1 Å². The van der Waals surface area contributed by atoms with Gasteiger partial charge in [-0.2, -0.15) is 5.10 Å². The molecule has 140 valence electrons. The fraction of sp³-hybridized carbons (Fsp3) is 0.250. The summed E-state index contributed by atoms with van der Waals surface area (Å²) >= 11 is 0. The van der Waals surface area contributed by atoms with Crippen LogP contribution in [0.5, 0.6) is 5.75 Å². The van der Waals surface area contributed by atoms with Crippen molar-refractivity contribution in [3.63, 3.8) is 0 Å². The van der Waals surface area contributed by atoms with Crippen molar-refractivity contribution in [2.45, 2.75) is 19.8 Å². The number of nitrogens with zero attached hydrogens (tertiary/aromatic N) is 5. The third-order valence-electron chi connectivity index (χ3n) is 3.95. The van der Waals surface area contributed by atoms with Crippen molar-refractivity contribution in [3.8, 4) is 22.8 Å². The van der Waals surface area contributed by atoms with E-state index in [1.807, 2.05) is 0 Å². The Morgan fingerprint density at radius 3 is 2.85 bits per heavy atom. The number of esters is 1. The summed E-state index contributed by atoms with van der Waals surface area (Å²) in [5, 5.41) is 4.09. The van der Waals surface area contributed by atoms with Crippen LogP contribution in [0.25, 0.3) is 17.1 Å². The molecular weight excluding hydrogens is 367 g/mol. The Kier molecular flexibility index (Phi) is 3.86. The third kappa shape index (κ3) is 3.00. The van der Waals surface area contributed by atoms with Gasteiger partial charge >= 0.3 is 12.3 Å². The first-order valence-corrected chi connectivity index (χ1v) is 7.89. The van der Waals surface area contributed by atoms with Gasteiger partial charge in [-0.3, -0.25) is 4.57 Å². The normalized spacial score (nSPS) is 12.6. The highest BCUT2D eigenvalue weighted by atomic mass is 19.4. The quantitative estimate of drug-likeness (QED) is 0.509. The van der Waals surface area contributed by atoms with E-state index < -0.39 is 12.3 Å². The molecule has 2 aromatic heterocycles. The minimum atomic E-state index is -4.82. The van der Waals surface area contributed by atoms with Crippen molar-refractivity contribution in [1.82, 2.24) is 24.3 Å². The van der Waals surface area contributed by atoms with E-state index in [2.05, 4.69) is 19.8 Å². The molecule has 0 N–H and O–H groups in total. The number of carbonyl (C=O) groups is 1. The van der Waals surface area contributed by atoms with Gasteiger partial charge in [-0.25, -0.2) is 19.4 Å². The van der Waals surface area contributed by atoms with E-state index in [4.69, 9.17) is 4.74 Å². The molecule has 0 aliphatic carbocycles. The summed E-state index contributed by atoms with van der Waals surface area (Å²) in [4.78, 5) is 20.4. The number of carbonyl (C=O) groups excluding carboxylic acids is 1. The van der Waals surface area contributed by atoms with E-state index in [1.165, 1.54) is 35.5 Å². The Morgan fingerprint density at radius 1 is 1.30 bits per heavy atom. The molecule has 0 unspecified atom stereocenters. The van der Waals surface area contributed by atoms with Gasteiger partial charge in [0.15, 0.2) is 11.5 Å². The number of benzene rings is 1. The molecule has 8 nitrogen and oxygen atoms in total. The lowest BCUT2D eigenvalue weighted by molar-refractivity contribution is -0.274. The van der Waals surface area contributed by atoms with E-state index in [-0.39, 0.29) is 24.6 Å². The predicted octanol–water partition coefficient (Wildman–Crippen LogP) is 2.57. The summed E-state index contributed by atoms with van der Waals surface area (Å²) in [6.45, 7) is 2.02. The molecule has 4 rings (SSSR count). The number of halogens is 3. The number of alkyl halides is 3. The second kappa shape index (κ2) is 6.11. The maximum Gasteiger partial charge on any atom is 0.573 e. The largest absolute Gasteiger partial charge is 0.573 e. The predicted molar refractivity (Wildman–Crippen MR) is 84.3 cm³/mol. The highest BCUT2D eigenvalue weighted by Crippen LogP contribution is 2.35. The monoisotopic (exact) mass is 379 g/mol. The average Bonchev–Trinajstić information content (AvgIpc) is 3.19. The molecular formula is C16H12F3N5O3. The second-order valence-corrected chi connectivity index (χ2v) is 5.60. The van der Waals surface area contributed by atoms with E-state index in [1.54, 1.807) is 11.5 Å². The summed E-state index contributed by atoms with van der Waals surface area (Å²) in [5.41, 5.74) is 1.46. The number of rotatable bonds is 3.